The smallest absolute Gasteiger partial charge is 0.244 e. The third-order valence-corrected chi connectivity index (χ3v) is 3.97. The van der Waals surface area contributed by atoms with Gasteiger partial charge in [-0.3, -0.25) is 4.79 Å². The van der Waals surface area contributed by atoms with E-state index < -0.39 is 0 Å². The van der Waals surface area contributed by atoms with E-state index in [1.165, 1.54) is 31.3 Å². The minimum Gasteiger partial charge on any atom is -0.493 e. The summed E-state index contributed by atoms with van der Waals surface area (Å²) in [7, 11) is 3.20. The van der Waals surface area contributed by atoms with Crippen molar-refractivity contribution in [1.82, 2.24) is 5.32 Å². The van der Waals surface area contributed by atoms with E-state index in [9.17, 15) is 4.79 Å². The highest BCUT2D eigenvalue weighted by Gasteiger charge is 2.05. The number of benzene rings is 1. The van der Waals surface area contributed by atoms with Gasteiger partial charge in [0.2, 0.25) is 5.91 Å². The highest BCUT2D eigenvalue weighted by molar-refractivity contribution is 5.91. The van der Waals surface area contributed by atoms with E-state index in [2.05, 4.69) is 11.4 Å². The first-order valence-corrected chi connectivity index (χ1v) is 8.09. The van der Waals surface area contributed by atoms with Gasteiger partial charge in [-0.1, -0.05) is 17.7 Å². The van der Waals surface area contributed by atoms with Crippen LogP contribution in [0.25, 0.3) is 6.08 Å². The summed E-state index contributed by atoms with van der Waals surface area (Å²) >= 11 is 0. The number of rotatable bonds is 7. The lowest BCUT2D eigenvalue weighted by atomic mass is 9.97. The second-order valence-electron chi connectivity index (χ2n) is 5.60. The molecule has 1 aliphatic rings. The lowest BCUT2D eigenvalue weighted by Gasteiger charge is -2.12. The van der Waals surface area contributed by atoms with Crippen molar-refractivity contribution in [3.63, 3.8) is 0 Å². The molecule has 0 spiro atoms. The Morgan fingerprint density at radius 2 is 2.04 bits per heavy atom. The highest BCUT2D eigenvalue weighted by atomic mass is 16.5. The van der Waals surface area contributed by atoms with Crippen LogP contribution in [0.4, 0.5) is 0 Å². The van der Waals surface area contributed by atoms with Gasteiger partial charge in [-0.2, -0.15) is 0 Å². The summed E-state index contributed by atoms with van der Waals surface area (Å²) in [6.07, 6.45) is 11.5. The molecule has 4 nitrogen and oxygen atoms in total. The van der Waals surface area contributed by atoms with E-state index in [-0.39, 0.29) is 5.91 Å². The van der Waals surface area contributed by atoms with Gasteiger partial charge < -0.3 is 14.8 Å². The number of amides is 1. The van der Waals surface area contributed by atoms with Crippen molar-refractivity contribution >= 4 is 12.0 Å². The van der Waals surface area contributed by atoms with Crippen LogP contribution < -0.4 is 14.8 Å². The topological polar surface area (TPSA) is 47.6 Å². The molecule has 1 aromatic carbocycles. The Morgan fingerprint density at radius 3 is 2.74 bits per heavy atom. The van der Waals surface area contributed by atoms with Crippen molar-refractivity contribution in [1.29, 1.82) is 0 Å². The molecule has 0 unspecified atom stereocenters. The molecular formula is C19H25NO3. The van der Waals surface area contributed by atoms with Crippen LogP contribution in [0.15, 0.2) is 35.9 Å². The van der Waals surface area contributed by atoms with Crippen molar-refractivity contribution in [3.8, 4) is 11.5 Å². The number of ether oxygens (including phenoxy) is 2. The van der Waals surface area contributed by atoms with Gasteiger partial charge in [0.1, 0.15) is 0 Å². The SMILES string of the molecule is COc1ccc(/C=C/C(=O)NCCC2=CCCCC2)cc1OC. The quantitative estimate of drug-likeness (QED) is 0.616. The van der Waals surface area contributed by atoms with Gasteiger partial charge in [0.05, 0.1) is 14.2 Å². The zero-order chi connectivity index (χ0) is 16.5. The summed E-state index contributed by atoms with van der Waals surface area (Å²) < 4.78 is 10.4. The molecule has 0 atom stereocenters. The Morgan fingerprint density at radius 1 is 1.22 bits per heavy atom. The first-order chi connectivity index (χ1) is 11.2. The number of hydrogen-bond acceptors (Lipinski definition) is 3. The summed E-state index contributed by atoms with van der Waals surface area (Å²) in [6.45, 7) is 0.695. The van der Waals surface area contributed by atoms with Gasteiger partial charge in [0.25, 0.3) is 0 Å². The number of allylic oxidation sites excluding steroid dienone is 1. The number of carbonyl (C=O) groups is 1. The largest absolute Gasteiger partial charge is 0.493 e. The fourth-order valence-electron chi connectivity index (χ4n) is 2.67. The van der Waals surface area contributed by atoms with Gasteiger partial charge in [0.15, 0.2) is 11.5 Å². The fourth-order valence-corrected chi connectivity index (χ4v) is 2.67. The van der Waals surface area contributed by atoms with Crippen molar-refractivity contribution in [2.75, 3.05) is 20.8 Å². The zero-order valence-corrected chi connectivity index (χ0v) is 13.9. The normalized spacial score (nSPS) is 14.4. The standard InChI is InChI=1S/C19H25NO3/c1-22-17-10-8-16(14-18(17)23-2)9-11-19(21)20-13-12-15-6-4-3-5-7-15/h6,8-11,14H,3-5,7,12-13H2,1-2H3,(H,20,21)/b11-9+. The van der Waals surface area contributed by atoms with Crippen LogP contribution in [0, 0.1) is 0 Å². The molecule has 0 saturated carbocycles. The van der Waals surface area contributed by atoms with E-state index in [4.69, 9.17) is 9.47 Å². The second-order valence-corrected chi connectivity index (χ2v) is 5.60. The maximum absolute atomic E-state index is 11.9. The van der Waals surface area contributed by atoms with Crippen LogP contribution in [0.2, 0.25) is 0 Å². The van der Waals surface area contributed by atoms with Crippen molar-refractivity contribution < 1.29 is 14.3 Å². The summed E-state index contributed by atoms with van der Waals surface area (Å²) in [5.41, 5.74) is 2.37. The molecule has 0 radical (unpaired) electrons. The average Bonchev–Trinajstić information content (AvgIpc) is 2.60. The van der Waals surface area contributed by atoms with Crippen LogP contribution in [0.5, 0.6) is 11.5 Å². The molecule has 1 amide bonds. The summed E-state index contributed by atoms with van der Waals surface area (Å²) in [4.78, 5) is 11.9. The molecule has 4 heteroatoms. The third-order valence-electron chi connectivity index (χ3n) is 3.97. The van der Waals surface area contributed by atoms with Crippen LogP contribution in [-0.2, 0) is 4.79 Å². The third kappa shape index (κ3) is 5.47. The van der Waals surface area contributed by atoms with Crippen LogP contribution in [0.3, 0.4) is 0 Å². The molecule has 0 bridgehead atoms. The van der Waals surface area contributed by atoms with Crippen LogP contribution >= 0.6 is 0 Å². The molecule has 1 N–H and O–H groups in total. The monoisotopic (exact) mass is 315 g/mol. The summed E-state index contributed by atoms with van der Waals surface area (Å²) in [5, 5.41) is 2.93. The lowest BCUT2D eigenvalue weighted by Crippen LogP contribution is -2.22. The molecule has 23 heavy (non-hydrogen) atoms. The fraction of sp³-hybridized carbons (Fsp3) is 0.421. The second kappa shape index (κ2) is 9.03. The average molecular weight is 315 g/mol. The molecular weight excluding hydrogens is 290 g/mol. The van der Waals surface area contributed by atoms with Crippen molar-refractivity contribution in [3.05, 3.63) is 41.5 Å². The zero-order valence-electron chi connectivity index (χ0n) is 13.9. The van der Waals surface area contributed by atoms with Gasteiger partial charge in [-0.15, -0.1) is 0 Å². The van der Waals surface area contributed by atoms with Crippen molar-refractivity contribution in [2.24, 2.45) is 0 Å². The maximum atomic E-state index is 11.9. The molecule has 0 fully saturated rings. The van der Waals surface area contributed by atoms with E-state index >= 15 is 0 Å². The molecule has 124 valence electrons. The molecule has 0 aromatic heterocycles. The van der Waals surface area contributed by atoms with Crippen LogP contribution in [0.1, 0.15) is 37.7 Å². The van der Waals surface area contributed by atoms with E-state index in [1.807, 2.05) is 18.2 Å². The first kappa shape index (κ1) is 17.1. The minimum atomic E-state index is -0.0730. The summed E-state index contributed by atoms with van der Waals surface area (Å²) in [6, 6.07) is 5.55. The number of methoxy groups -OCH3 is 2. The van der Waals surface area contributed by atoms with Crippen molar-refractivity contribution in [2.45, 2.75) is 32.1 Å². The van der Waals surface area contributed by atoms with Gasteiger partial charge >= 0.3 is 0 Å². The van der Waals surface area contributed by atoms with Crippen LogP contribution in [-0.4, -0.2) is 26.7 Å². The predicted molar refractivity (Wildman–Crippen MR) is 92.8 cm³/mol. The number of carbonyl (C=O) groups excluding carboxylic acids is 1. The summed E-state index contributed by atoms with van der Waals surface area (Å²) in [5.74, 6) is 1.25. The Labute approximate surface area is 138 Å². The molecule has 1 aromatic rings. The van der Waals surface area contributed by atoms with Gasteiger partial charge in [-0.05, 0) is 55.9 Å². The Hall–Kier alpha value is -2.23. The highest BCUT2D eigenvalue weighted by Crippen LogP contribution is 2.27. The molecule has 1 aliphatic carbocycles. The minimum absolute atomic E-state index is 0.0730. The Balaban J connectivity index is 1.82. The lowest BCUT2D eigenvalue weighted by molar-refractivity contribution is -0.116. The molecule has 0 heterocycles. The maximum Gasteiger partial charge on any atom is 0.244 e. The van der Waals surface area contributed by atoms with E-state index in [0.717, 1.165) is 12.0 Å². The molecule has 0 saturated heterocycles. The Kier molecular flexibility index (Phi) is 6.73. The van der Waals surface area contributed by atoms with E-state index in [0.29, 0.717) is 18.0 Å². The Bertz CT molecular complexity index is 590. The van der Waals surface area contributed by atoms with Gasteiger partial charge in [-0.25, -0.2) is 0 Å². The molecule has 2 rings (SSSR count). The number of nitrogens with one attached hydrogen (secondary N) is 1. The van der Waals surface area contributed by atoms with Gasteiger partial charge in [0, 0.05) is 12.6 Å². The molecule has 0 aliphatic heterocycles. The first-order valence-electron chi connectivity index (χ1n) is 8.09. The predicted octanol–water partition coefficient (Wildman–Crippen LogP) is 3.72. The number of hydrogen-bond donors (Lipinski definition) is 1. The van der Waals surface area contributed by atoms with E-state index in [1.54, 1.807) is 26.4 Å².